The first-order valence-electron chi connectivity index (χ1n) is 7.41. The van der Waals surface area contributed by atoms with E-state index in [1.807, 2.05) is 0 Å². The van der Waals surface area contributed by atoms with Crippen molar-refractivity contribution in [2.24, 2.45) is 0 Å². The van der Waals surface area contributed by atoms with Crippen molar-refractivity contribution in [2.75, 3.05) is 6.54 Å². The molecule has 1 N–H and O–H groups in total. The van der Waals surface area contributed by atoms with Gasteiger partial charge in [0.15, 0.2) is 0 Å². The minimum absolute atomic E-state index is 0.0247. The van der Waals surface area contributed by atoms with Crippen molar-refractivity contribution in [2.45, 2.75) is 30.7 Å². The second-order valence-corrected chi connectivity index (χ2v) is 8.08. The van der Waals surface area contributed by atoms with Gasteiger partial charge in [-0.15, -0.1) is 0 Å². The Morgan fingerprint density at radius 3 is 2.79 bits per heavy atom. The Bertz CT molecular complexity index is 941. The molecule has 1 aromatic heterocycles. The number of fused-ring (bicyclic) bond motifs is 1. The first-order chi connectivity index (χ1) is 11.4. The molecule has 0 saturated heterocycles. The maximum Gasteiger partial charge on any atom is 0.267 e. The molecule has 24 heavy (non-hydrogen) atoms. The van der Waals surface area contributed by atoms with E-state index in [-0.39, 0.29) is 33.6 Å². The van der Waals surface area contributed by atoms with Crippen LogP contribution in [-0.2, 0) is 29.4 Å². The van der Waals surface area contributed by atoms with E-state index in [4.69, 9.17) is 23.2 Å². The van der Waals surface area contributed by atoms with Crippen LogP contribution in [0.1, 0.15) is 17.7 Å². The maximum atomic E-state index is 12.3. The fraction of sp³-hybridized carbons (Fsp3) is 0.333. The normalized spacial score (nSPS) is 13.9. The van der Waals surface area contributed by atoms with E-state index < -0.39 is 10.0 Å². The third-order valence-electron chi connectivity index (χ3n) is 3.82. The highest BCUT2D eigenvalue weighted by molar-refractivity contribution is 7.89. The molecule has 2 aromatic rings. The molecule has 0 unspecified atom stereocenters. The lowest BCUT2D eigenvalue weighted by molar-refractivity contribution is 0.542. The minimum Gasteiger partial charge on any atom is -0.268 e. The van der Waals surface area contributed by atoms with Crippen LogP contribution in [0.15, 0.2) is 34.0 Å². The van der Waals surface area contributed by atoms with E-state index in [1.165, 1.54) is 22.9 Å². The molecule has 1 heterocycles. The molecule has 1 aromatic carbocycles. The molecular weight excluding hydrogens is 373 g/mol. The molecule has 0 radical (unpaired) electrons. The van der Waals surface area contributed by atoms with Gasteiger partial charge in [-0.2, -0.15) is 5.10 Å². The molecule has 1 aliphatic carbocycles. The Labute approximate surface area is 149 Å². The van der Waals surface area contributed by atoms with Crippen molar-refractivity contribution in [3.63, 3.8) is 0 Å². The summed E-state index contributed by atoms with van der Waals surface area (Å²) in [6, 6.07) is 5.80. The first-order valence-corrected chi connectivity index (χ1v) is 9.65. The second-order valence-electron chi connectivity index (χ2n) is 5.50. The lowest BCUT2D eigenvalue weighted by Crippen LogP contribution is -2.32. The quantitative estimate of drug-likeness (QED) is 0.850. The molecule has 0 bridgehead atoms. The summed E-state index contributed by atoms with van der Waals surface area (Å²) >= 11 is 11.7. The van der Waals surface area contributed by atoms with Crippen molar-refractivity contribution < 1.29 is 8.42 Å². The van der Waals surface area contributed by atoms with Crippen LogP contribution in [0.4, 0.5) is 0 Å². The summed E-state index contributed by atoms with van der Waals surface area (Å²) in [4.78, 5) is 11.9. The third-order valence-corrected chi connectivity index (χ3v) is 6.00. The molecule has 0 atom stereocenters. The molecule has 0 amide bonds. The smallest absolute Gasteiger partial charge is 0.267 e. The van der Waals surface area contributed by atoms with Gasteiger partial charge in [-0.05, 0) is 43.0 Å². The van der Waals surface area contributed by atoms with Gasteiger partial charge in [0.2, 0.25) is 10.0 Å². The van der Waals surface area contributed by atoms with Gasteiger partial charge in [0.1, 0.15) is 4.90 Å². The summed E-state index contributed by atoms with van der Waals surface area (Å²) in [6.07, 6.45) is 2.71. The van der Waals surface area contributed by atoms with Gasteiger partial charge in [-0.25, -0.2) is 17.8 Å². The minimum atomic E-state index is -3.82. The van der Waals surface area contributed by atoms with Crippen LogP contribution in [0.5, 0.6) is 0 Å². The lowest BCUT2D eigenvalue weighted by atomic mass is 10.2. The first kappa shape index (κ1) is 17.4. The van der Waals surface area contributed by atoms with Crippen LogP contribution in [-0.4, -0.2) is 24.7 Å². The van der Waals surface area contributed by atoms with Crippen LogP contribution >= 0.6 is 23.2 Å². The number of hydrogen-bond donors (Lipinski definition) is 1. The zero-order valence-electron chi connectivity index (χ0n) is 12.6. The van der Waals surface area contributed by atoms with Gasteiger partial charge < -0.3 is 0 Å². The second kappa shape index (κ2) is 6.84. The fourth-order valence-electron chi connectivity index (χ4n) is 2.65. The van der Waals surface area contributed by atoms with Gasteiger partial charge >= 0.3 is 0 Å². The average molecular weight is 388 g/mol. The van der Waals surface area contributed by atoms with Crippen LogP contribution in [0.2, 0.25) is 10.0 Å². The molecule has 128 valence electrons. The maximum absolute atomic E-state index is 12.3. The molecule has 6 nitrogen and oxygen atoms in total. The van der Waals surface area contributed by atoms with Crippen molar-refractivity contribution in [3.05, 3.63) is 55.9 Å². The number of hydrogen-bond acceptors (Lipinski definition) is 4. The van der Waals surface area contributed by atoms with E-state index in [1.54, 1.807) is 6.07 Å². The van der Waals surface area contributed by atoms with Crippen molar-refractivity contribution >= 4 is 33.2 Å². The highest BCUT2D eigenvalue weighted by Gasteiger charge is 2.19. The van der Waals surface area contributed by atoms with Crippen LogP contribution < -0.4 is 10.3 Å². The molecule has 0 spiro atoms. The predicted molar refractivity (Wildman–Crippen MR) is 92.2 cm³/mol. The summed E-state index contributed by atoms with van der Waals surface area (Å²) < 4.78 is 28.3. The third kappa shape index (κ3) is 3.64. The molecular formula is C15H15Cl2N3O3S. The average Bonchev–Trinajstić information content (AvgIpc) is 2.96. The van der Waals surface area contributed by atoms with E-state index in [9.17, 15) is 13.2 Å². The van der Waals surface area contributed by atoms with E-state index >= 15 is 0 Å². The lowest BCUT2D eigenvalue weighted by Gasteiger charge is -2.10. The zero-order valence-corrected chi connectivity index (χ0v) is 15.0. The monoisotopic (exact) mass is 387 g/mol. The Morgan fingerprint density at radius 1 is 1.21 bits per heavy atom. The van der Waals surface area contributed by atoms with Crippen molar-refractivity contribution in [3.8, 4) is 0 Å². The van der Waals surface area contributed by atoms with E-state index in [2.05, 4.69) is 9.82 Å². The van der Waals surface area contributed by atoms with Crippen LogP contribution in [0.25, 0.3) is 0 Å². The van der Waals surface area contributed by atoms with Gasteiger partial charge in [-0.3, -0.25) is 4.79 Å². The highest BCUT2D eigenvalue weighted by atomic mass is 35.5. The Balaban J connectivity index is 1.72. The SMILES string of the molecule is O=c1cc2c(nn1CCNS(=O)(=O)c1cc(Cl)ccc1Cl)CCC2. The van der Waals surface area contributed by atoms with Gasteiger partial charge in [0, 0.05) is 17.6 Å². The Morgan fingerprint density at radius 2 is 2.00 bits per heavy atom. The predicted octanol–water partition coefficient (Wildman–Crippen LogP) is 2.02. The zero-order chi connectivity index (χ0) is 17.3. The summed E-state index contributed by atoms with van der Waals surface area (Å²) in [6.45, 7) is 0.167. The number of sulfonamides is 1. The molecule has 0 aliphatic heterocycles. The standard InChI is InChI=1S/C15H15Cl2N3O3S/c16-11-4-5-12(17)14(9-11)24(22,23)18-6-7-20-15(21)8-10-2-1-3-13(10)19-20/h4-5,8-9,18H,1-3,6-7H2. The number of halogens is 2. The largest absolute Gasteiger partial charge is 0.268 e. The number of rotatable bonds is 5. The van der Waals surface area contributed by atoms with Crippen molar-refractivity contribution in [1.82, 2.24) is 14.5 Å². The van der Waals surface area contributed by atoms with Crippen LogP contribution in [0.3, 0.4) is 0 Å². The summed E-state index contributed by atoms with van der Waals surface area (Å²) in [5, 5.41) is 4.66. The molecule has 0 fully saturated rings. The number of nitrogens with one attached hydrogen (secondary N) is 1. The van der Waals surface area contributed by atoms with Gasteiger partial charge in [-0.1, -0.05) is 23.2 Å². The number of aryl methyl sites for hydroxylation is 2. The van der Waals surface area contributed by atoms with Gasteiger partial charge in [0.05, 0.1) is 17.3 Å². The van der Waals surface area contributed by atoms with E-state index in [0.717, 1.165) is 30.5 Å². The number of nitrogens with zero attached hydrogens (tertiary/aromatic N) is 2. The number of aromatic nitrogens is 2. The highest BCUT2D eigenvalue weighted by Crippen LogP contribution is 2.24. The summed E-state index contributed by atoms with van der Waals surface area (Å²) in [5.74, 6) is 0. The van der Waals surface area contributed by atoms with Gasteiger partial charge in [0.25, 0.3) is 5.56 Å². The van der Waals surface area contributed by atoms with E-state index in [0.29, 0.717) is 0 Å². The number of benzene rings is 1. The fourth-order valence-corrected chi connectivity index (χ4v) is 4.43. The molecule has 9 heteroatoms. The molecule has 1 aliphatic rings. The molecule has 3 rings (SSSR count). The summed E-state index contributed by atoms with van der Waals surface area (Å²) in [7, 11) is -3.82. The van der Waals surface area contributed by atoms with Crippen molar-refractivity contribution in [1.29, 1.82) is 0 Å². The topological polar surface area (TPSA) is 81.1 Å². The summed E-state index contributed by atoms with van der Waals surface area (Å²) in [5.41, 5.74) is 1.67. The Kier molecular flexibility index (Phi) is 4.96. The molecule has 0 saturated carbocycles. The Hall–Kier alpha value is -1.41. The van der Waals surface area contributed by atoms with Crippen LogP contribution in [0, 0.1) is 0 Å².